The lowest BCUT2D eigenvalue weighted by atomic mass is 10.0. The molecule has 0 aromatic heterocycles. The average molecular weight is 376 g/mol. The quantitative estimate of drug-likeness (QED) is 0.800. The van der Waals surface area contributed by atoms with Crippen LogP contribution in [0.4, 0.5) is 4.79 Å². The minimum atomic E-state index is -0.531. The van der Waals surface area contributed by atoms with Gasteiger partial charge in [-0.25, -0.2) is 4.79 Å². The van der Waals surface area contributed by atoms with Crippen molar-refractivity contribution in [2.75, 3.05) is 20.2 Å². The maximum Gasteiger partial charge on any atom is 0.407 e. The zero-order valence-corrected chi connectivity index (χ0v) is 16.9. The number of alkyl carbamates (subject to hydrolysis) is 1. The van der Waals surface area contributed by atoms with Crippen LogP contribution in [0.3, 0.4) is 0 Å². The first-order valence-electron chi connectivity index (χ1n) is 9.64. The van der Waals surface area contributed by atoms with Crippen molar-refractivity contribution in [3.63, 3.8) is 0 Å². The summed E-state index contributed by atoms with van der Waals surface area (Å²) in [5.74, 6) is -0.239. The van der Waals surface area contributed by atoms with Gasteiger partial charge in [-0.15, -0.1) is 0 Å². The van der Waals surface area contributed by atoms with Gasteiger partial charge in [0.15, 0.2) is 0 Å². The molecule has 150 valence electrons. The summed E-state index contributed by atoms with van der Waals surface area (Å²) in [6, 6.07) is 9.53. The van der Waals surface area contributed by atoms with Gasteiger partial charge in [0.1, 0.15) is 11.6 Å². The summed E-state index contributed by atoms with van der Waals surface area (Å²) in [7, 11) is 1.43. The predicted octanol–water partition coefficient (Wildman–Crippen LogP) is 3.15. The second-order valence-corrected chi connectivity index (χ2v) is 8.06. The van der Waals surface area contributed by atoms with Crippen LogP contribution < -0.4 is 5.32 Å². The maximum absolute atomic E-state index is 12.5. The fourth-order valence-electron chi connectivity index (χ4n) is 3.38. The van der Waals surface area contributed by atoms with Crippen molar-refractivity contribution in [2.45, 2.75) is 64.1 Å². The van der Waals surface area contributed by atoms with Gasteiger partial charge < -0.3 is 14.8 Å². The Morgan fingerprint density at radius 3 is 2.56 bits per heavy atom. The number of carbonyl (C=O) groups excluding carboxylic acids is 2. The lowest BCUT2D eigenvalue weighted by molar-refractivity contribution is -0.147. The zero-order valence-electron chi connectivity index (χ0n) is 16.9. The molecule has 1 saturated heterocycles. The molecule has 1 aliphatic heterocycles. The Hall–Kier alpha value is -2.08. The van der Waals surface area contributed by atoms with Crippen LogP contribution in [0.5, 0.6) is 0 Å². The first-order valence-corrected chi connectivity index (χ1v) is 9.64. The van der Waals surface area contributed by atoms with Gasteiger partial charge in [-0.3, -0.25) is 9.69 Å². The van der Waals surface area contributed by atoms with E-state index in [9.17, 15) is 9.59 Å². The maximum atomic E-state index is 12.5. The highest BCUT2D eigenvalue weighted by Gasteiger charge is 2.31. The summed E-state index contributed by atoms with van der Waals surface area (Å²) in [6.45, 7) is 6.95. The molecule has 1 amide bonds. The number of rotatable bonds is 5. The van der Waals surface area contributed by atoms with Crippen LogP contribution in [0.25, 0.3) is 0 Å². The van der Waals surface area contributed by atoms with Crippen LogP contribution in [0.2, 0.25) is 0 Å². The SMILES string of the molecule is COC(=O)C(Cc1ccccc1)N1CCCC[C@H](NC(=O)OC(C)(C)C)C1. The number of nitrogens with one attached hydrogen (secondary N) is 1. The van der Waals surface area contributed by atoms with Crippen molar-refractivity contribution in [3.8, 4) is 0 Å². The number of esters is 1. The fourth-order valence-corrected chi connectivity index (χ4v) is 3.38. The van der Waals surface area contributed by atoms with Crippen LogP contribution in [0.1, 0.15) is 45.6 Å². The first kappa shape index (κ1) is 21.2. The van der Waals surface area contributed by atoms with Crippen LogP contribution in [0, 0.1) is 0 Å². The highest BCUT2D eigenvalue weighted by Crippen LogP contribution is 2.18. The molecular formula is C21H32N2O4. The molecule has 0 aliphatic carbocycles. The lowest BCUT2D eigenvalue weighted by Gasteiger charge is -2.31. The van der Waals surface area contributed by atoms with Gasteiger partial charge in [-0.05, 0) is 52.1 Å². The van der Waals surface area contributed by atoms with E-state index in [4.69, 9.17) is 9.47 Å². The Bertz CT molecular complexity index is 612. The third kappa shape index (κ3) is 7.21. The minimum absolute atomic E-state index is 0.0507. The zero-order chi connectivity index (χ0) is 19.9. The predicted molar refractivity (Wildman–Crippen MR) is 105 cm³/mol. The molecule has 1 aliphatic rings. The summed E-state index contributed by atoms with van der Waals surface area (Å²) in [4.78, 5) is 26.8. The number of likely N-dealkylation sites (tertiary alicyclic amines) is 1. The molecule has 2 rings (SSSR count). The van der Waals surface area contributed by atoms with E-state index < -0.39 is 11.7 Å². The van der Waals surface area contributed by atoms with Gasteiger partial charge >= 0.3 is 12.1 Å². The van der Waals surface area contributed by atoms with Crippen LogP contribution in [0.15, 0.2) is 30.3 Å². The molecule has 1 heterocycles. The molecule has 6 heteroatoms. The Balaban J connectivity index is 2.07. The molecule has 27 heavy (non-hydrogen) atoms. The van der Waals surface area contributed by atoms with Crippen LogP contribution >= 0.6 is 0 Å². The van der Waals surface area contributed by atoms with Crippen molar-refractivity contribution in [3.05, 3.63) is 35.9 Å². The second kappa shape index (κ2) is 9.74. The average Bonchev–Trinajstić information content (AvgIpc) is 2.83. The Kier molecular flexibility index (Phi) is 7.66. The van der Waals surface area contributed by atoms with Gasteiger partial charge in [0.25, 0.3) is 0 Å². The summed E-state index contributed by atoms with van der Waals surface area (Å²) < 4.78 is 10.4. The van der Waals surface area contributed by atoms with Gasteiger partial charge in [-0.2, -0.15) is 0 Å². The number of ether oxygens (including phenoxy) is 2. The van der Waals surface area contributed by atoms with Crippen molar-refractivity contribution < 1.29 is 19.1 Å². The summed E-state index contributed by atoms with van der Waals surface area (Å²) >= 11 is 0. The Morgan fingerprint density at radius 2 is 1.93 bits per heavy atom. The number of nitrogens with zero attached hydrogens (tertiary/aromatic N) is 1. The minimum Gasteiger partial charge on any atom is -0.468 e. The normalized spacial score (nSPS) is 19.6. The molecule has 1 N–H and O–H groups in total. The van der Waals surface area contributed by atoms with Crippen molar-refractivity contribution in [1.29, 1.82) is 0 Å². The number of amides is 1. The van der Waals surface area contributed by atoms with Gasteiger partial charge in [0.2, 0.25) is 0 Å². The standard InChI is InChI=1S/C21H32N2O4/c1-21(2,3)27-20(25)22-17-12-8-9-13-23(15-17)18(19(24)26-4)14-16-10-6-5-7-11-16/h5-7,10-11,17-18H,8-9,12-15H2,1-4H3,(H,22,25)/t17-,18?/m0/s1. The number of hydrogen-bond acceptors (Lipinski definition) is 5. The number of methoxy groups -OCH3 is 1. The molecule has 1 aromatic carbocycles. The second-order valence-electron chi connectivity index (χ2n) is 8.06. The van der Waals surface area contributed by atoms with E-state index in [2.05, 4.69) is 10.2 Å². The highest BCUT2D eigenvalue weighted by molar-refractivity contribution is 5.76. The summed E-state index contributed by atoms with van der Waals surface area (Å²) in [5.41, 5.74) is 0.560. The van der Waals surface area contributed by atoms with Crippen LogP contribution in [-0.4, -0.2) is 54.8 Å². The Morgan fingerprint density at radius 1 is 1.22 bits per heavy atom. The molecule has 6 nitrogen and oxygen atoms in total. The van der Waals surface area contributed by atoms with E-state index in [1.165, 1.54) is 7.11 Å². The van der Waals surface area contributed by atoms with Gasteiger partial charge in [-0.1, -0.05) is 36.8 Å². The Labute approximate surface area is 162 Å². The molecule has 1 aromatic rings. The summed E-state index contributed by atoms with van der Waals surface area (Å²) in [5, 5.41) is 2.97. The van der Waals surface area contributed by atoms with E-state index in [0.29, 0.717) is 13.0 Å². The topological polar surface area (TPSA) is 67.9 Å². The van der Waals surface area contributed by atoms with E-state index in [1.54, 1.807) is 0 Å². The smallest absolute Gasteiger partial charge is 0.407 e. The molecule has 1 unspecified atom stereocenters. The summed E-state index contributed by atoms with van der Waals surface area (Å²) in [6.07, 6.45) is 3.03. The number of hydrogen-bond donors (Lipinski definition) is 1. The molecular weight excluding hydrogens is 344 g/mol. The number of benzene rings is 1. The van der Waals surface area contributed by atoms with Gasteiger partial charge in [0.05, 0.1) is 7.11 Å². The highest BCUT2D eigenvalue weighted by atomic mass is 16.6. The molecule has 1 fully saturated rings. The number of carbonyl (C=O) groups is 2. The van der Waals surface area contributed by atoms with Crippen LogP contribution in [-0.2, 0) is 20.7 Å². The molecule has 0 spiro atoms. The van der Waals surface area contributed by atoms with Crippen molar-refractivity contribution in [1.82, 2.24) is 10.2 Å². The first-order chi connectivity index (χ1) is 12.8. The molecule has 0 bridgehead atoms. The van der Waals surface area contributed by atoms with E-state index in [0.717, 1.165) is 31.4 Å². The molecule has 2 atom stereocenters. The lowest BCUT2D eigenvalue weighted by Crippen LogP contribution is -2.50. The fraction of sp³-hybridized carbons (Fsp3) is 0.619. The monoisotopic (exact) mass is 376 g/mol. The van der Waals surface area contributed by atoms with E-state index >= 15 is 0 Å². The van der Waals surface area contributed by atoms with Crippen molar-refractivity contribution in [2.24, 2.45) is 0 Å². The molecule has 0 radical (unpaired) electrons. The molecule has 0 saturated carbocycles. The van der Waals surface area contributed by atoms with E-state index in [-0.39, 0.29) is 18.1 Å². The van der Waals surface area contributed by atoms with E-state index in [1.807, 2.05) is 51.1 Å². The third-order valence-corrected chi connectivity index (χ3v) is 4.61. The largest absolute Gasteiger partial charge is 0.468 e. The third-order valence-electron chi connectivity index (χ3n) is 4.61. The van der Waals surface area contributed by atoms with Crippen molar-refractivity contribution >= 4 is 12.1 Å². The van der Waals surface area contributed by atoms with Gasteiger partial charge in [0, 0.05) is 12.6 Å².